The van der Waals surface area contributed by atoms with Crippen LogP contribution in [0.1, 0.15) is 48.9 Å². The van der Waals surface area contributed by atoms with E-state index in [1.54, 1.807) is 12.1 Å². The van der Waals surface area contributed by atoms with Gasteiger partial charge in [0.25, 0.3) is 11.1 Å². The number of fused-ring (bicyclic) bond motifs is 1. The lowest BCUT2D eigenvalue weighted by Gasteiger charge is -2.25. The Labute approximate surface area is 197 Å². The number of amides is 2. The molecule has 1 aliphatic carbocycles. The van der Waals surface area contributed by atoms with Crippen LogP contribution in [0.2, 0.25) is 0 Å². The van der Waals surface area contributed by atoms with Crippen LogP contribution in [0, 0.1) is 18.7 Å². The second-order valence-electron chi connectivity index (χ2n) is 8.99. The maximum absolute atomic E-state index is 14.4. The Hall–Kier alpha value is -2.86. The molecule has 1 aliphatic heterocycles. The average Bonchev–Trinajstić information content (AvgIpc) is 3.24. The molecule has 33 heavy (non-hydrogen) atoms. The summed E-state index contributed by atoms with van der Waals surface area (Å²) in [7, 11) is 0. The zero-order valence-corrected chi connectivity index (χ0v) is 19.5. The first kappa shape index (κ1) is 22.0. The van der Waals surface area contributed by atoms with Gasteiger partial charge in [0, 0.05) is 34.3 Å². The van der Waals surface area contributed by atoms with Gasteiger partial charge in [-0.3, -0.25) is 14.5 Å². The molecule has 0 spiro atoms. The molecular formula is C27H27FN2O2S. The van der Waals surface area contributed by atoms with Crippen LogP contribution in [0.15, 0.2) is 53.4 Å². The first-order chi connectivity index (χ1) is 16.0. The van der Waals surface area contributed by atoms with Crippen molar-refractivity contribution in [2.24, 2.45) is 5.92 Å². The normalized spacial score (nSPS) is 18.7. The number of thioether (sulfide) groups is 1. The third kappa shape index (κ3) is 4.24. The lowest BCUT2D eigenvalue weighted by Crippen LogP contribution is -2.34. The van der Waals surface area contributed by atoms with Crippen LogP contribution in [0.4, 0.5) is 9.18 Å². The first-order valence-electron chi connectivity index (χ1n) is 11.6. The maximum Gasteiger partial charge on any atom is 0.293 e. The van der Waals surface area contributed by atoms with Gasteiger partial charge in [0.15, 0.2) is 0 Å². The van der Waals surface area contributed by atoms with Crippen LogP contribution in [0.5, 0.6) is 0 Å². The van der Waals surface area contributed by atoms with E-state index in [1.165, 1.54) is 30.2 Å². The van der Waals surface area contributed by atoms with Gasteiger partial charge in [0.05, 0.1) is 11.4 Å². The number of hydrogen-bond donors (Lipinski definition) is 0. The Balaban J connectivity index is 1.49. The molecule has 1 saturated carbocycles. The summed E-state index contributed by atoms with van der Waals surface area (Å²) in [6, 6.07) is 14.7. The molecule has 3 aromatic rings. The first-order valence-corrected chi connectivity index (χ1v) is 12.4. The van der Waals surface area contributed by atoms with E-state index in [-0.39, 0.29) is 17.0 Å². The van der Waals surface area contributed by atoms with Crippen molar-refractivity contribution in [2.75, 3.05) is 6.54 Å². The molecule has 0 N–H and O–H groups in total. The summed E-state index contributed by atoms with van der Waals surface area (Å²) in [5.41, 5.74) is 3.44. The standard InChI is InChI=1S/C27H27FN2O2S/c1-18-22(15-25-26(31)30(27(32)33-25)16-19-9-3-2-4-10-19)21-12-6-8-14-24(21)29(18)17-20-11-5-7-13-23(20)28/h5-8,11-15,19H,2-4,9-10,16-17H2,1H3/b25-15+. The molecule has 2 fully saturated rings. The largest absolute Gasteiger partial charge is 0.340 e. The number of rotatable bonds is 5. The Morgan fingerprint density at radius 2 is 1.76 bits per heavy atom. The lowest BCUT2D eigenvalue weighted by atomic mass is 9.89. The van der Waals surface area contributed by atoms with Crippen LogP contribution in [-0.4, -0.2) is 27.2 Å². The van der Waals surface area contributed by atoms with Crippen molar-refractivity contribution < 1.29 is 14.0 Å². The number of carbonyl (C=O) groups excluding carboxylic acids is 2. The van der Waals surface area contributed by atoms with Crippen LogP contribution < -0.4 is 0 Å². The molecule has 5 rings (SSSR count). The summed E-state index contributed by atoms with van der Waals surface area (Å²) >= 11 is 1.03. The minimum absolute atomic E-state index is 0.176. The average molecular weight is 463 g/mol. The molecular weight excluding hydrogens is 435 g/mol. The van der Waals surface area contributed by atoms with E-state index in [0.717, 1.165) is 46.8 Å². The van der Waals surface area contributed by atoms with E-state index in [1.807, 2.05) is 43.3 Å². The number of nitrogens with zero attached hydrogens (tertiary/aromatic N) is 2. The highest BCUT2D eigenvalue weighted by atomic mass is 32.2. The van der Waals surface area contributed by atoms with E-state index in [2.05, 4.69) is 4.57 Å². The molecule has 1 aromatic heterocycles. The van der Waals surface area contributed by atoms with Crippen molar-refractivity contribution in [1.82, 2.24) is 9.47 Å². The molecule has 0 unspecified atom stereocenters. The van der Waals surface area contributed by atoms with E-state index in [4.69, 9.17) is 0 Å². The fraction of sp³-hybridized carbons (Fsp3) is 0.333. The number of carbonyl (C=O) groups is 2. The third-order valence-electron chi connectivity index (χ3n) is 6.88. The molecule has 4 nitrogen and oxygen atoms in total. The minimum Gasteiger partial charge on any atom is -0.340 e. The predicted molar refractivity (Wildman–Crippen MR) is 131 cm³/mol. The molecule has 0 bridgehead atoms. The van der Waals surface area contributed by atoms with Crippen molar-refractivity contribution in [3.63, 3.8) is 0 Å². The molecule has 2 heterocycles. The summed E-state index contributed by atoms with van der Waals surface area (Å²) in [6.07, 6.45) is 7.62. The van der Waals surface area contributed by atoms with Crippen molar-refractivity contribution in [3.05, 3.63) is 76.1 Å². The molecule has 2 amide bonds. The number of hydrogen-bond acceptors (Lipinski definition) is 3. The summed E-state index contributed by atoms with van der Waals surface area (Å²) < 4.78 is 16.4. The monoisotopic (exact) mass is 462 g/mol. The lowest BCUT2D eigenvalue weighted by molar-refractivity contribution is -0.123. The summed E-state index contributed by atoms with van der Waals surface area (Å²) in [6.45, 7) is 2.91. The van der Waals surface area contributed by atoms with E-state index in [0.29, 0.717) is 29.5 Å². The Bertz CT molecular complexity index is 1260. The second kappa shape index (κ2) is 9.18. The number of halogens is 1. The van der Waals surface area contributed by atoms with Gasteiger partial charge in [-0.1, -0.05) is 55.7 Å². The SMILES string of the molecule is Cc1c(/C=C2/SC(=O)N(CC3CCCCC3)C2=O)c2ccccc2n1Cc1ccccc1F. The molecule has 6 heteroatoms. The number of para-hydroxylation sites is 1. The fourth-order valence-electron chi connectivity index (χ4n) is 5.06. The topological polar surface area (TPSA) is 42.3 Å². The molecule has 170 valence electrons. The van der Waals surface area contributed by atoms with Gasteiger partial charge in [-0.15, -0.1) is 0 Å². The van der Waals surface area contributed by atoms with Gasteiger partial charge in [0.1, 0.15) is 5.82 Å². The van der Waals surface area contributed by atoms with Crippen LogP contribution in [0.3, 0.4) is 0 Å². The Kier molecular flexibility index (Phi) is 6.11. The zero-order valence-electron chi connectivity index (χ0n) is 18.7. The van der Waals surface area contributed by atoms with Crippen LogP contribution in [-0.2, 0) is 11.3 Å². The maximum atomic E-state index is 14.4. The van der Waals surface area contributed by atoms with Gasteiger partial charge in [-0.05, 0) is 55.7 Å². The highest BCUT2D eigenvalue weighted by Crippen LogP contribution is 2.37. The highest BCUT2D eigenvalue weighted by Gasteiger charge is 2.36. The summed E-state index contributed by atoms with van der Waals surface area (Å²) in [5.74, 6) is -0.0167. The second-order valence-corrected chi connectivity index (χ2v) is 9.98. The van der Waals surface area contributed by atoms with Crippen LogP contribution >= 0.6 is 11.8 Å². The smallest absolute Gasteiger partial charge is 0.293 e. The number of benzene rings is 2. The van der Waals surface area contributed by atoms with Gasteiger partial charge >= 0.3 is 0 Å². The third-order valence-corrected chi connectivity index (χ3v) is 7.79. The number of imide groups is 1. The van der Waals surface area contributed by atoms with Gasteiger partial charge in [0.2, 0.25) is 0 Å². The molecule has 2 aliphatic rings. The Morgan fingerprint density at radius 1 is 1.03 bits per heavy atom. The molecule has 0 radical (unpaired) electrons. The molecule has 2 aromatic carbocycles. The fourth-order valence-corrected chi connectivity index (χ4v) is 5.89. The predicted octanol–water partition coefficient (Wildman–Crippen LogP) is 6.75. The molecule has 1 saturated heterocycles. The van der Waals surface area contributed by atoms with Crippen LogP contribution in [0.25, 0.3) is 17.0 Å². The van der Waals surface area contributed by atoms with Gasteiger partial charge in [-0.2, -0.15) is 0 Å². The van der Waals surface area contributed by atoms with Crippen molar-refractivity contribution in [1.29, 1.82) is 0 Å². The van der Waals surface area contributed by atoms with Crippen molar-refractivity contribution >= 4 is 39.9 Å². The van der Waals surface area contributed by atoms with Gasteiger partial charge in [-0.25, -0.2) is 4.39 Å². The van der Waals surface area contributed by atoms with Crippen molar-refractivity contribution in [3.8, 4) is 0 Å². The minimum atomic E-state index is -0.236. The number of aromatic nitrogens is 1. The van der Waals surface area contributed by atoms with Crippen molar-refractivity contribution in [2.45, 2.75) is 45.6 Å². The van der Waals surface area contributed by atoms with E-state index >= 15 is 0 Å². The van der Waals surface area contributed by atoms with E-state index in [9.17, 15) is 14.0 Å². The summed E-state index contributed by atoms with van der Waals surface area (Å²) in [4.78, 5) is 27.7. The Morgan fingerprint density at radius 3 is 2.55 bits per heavy atom. The summed E-state index contributed by atoms with van der Waals surface area (Å²) in [5, 5.41) is 0.815. The van der Waals surface area contributed by atoms with Gasteiger partial charge < -0.3 is 4.57 Å². The van der Waals surface area contributed by atoms with E-state index < -0.39 is 0 Å². The zero-order chi connectivity index (χ0) is 22.9. The highest BCUT2D eigenvalue weighted by molar-refractivity contribution is 8.18. The molecule has 0 atom stereocenters. The quantitative estimate of drug-likeness (QED) is 0.394.